The first-order valence-corrected chi connectivity index (χ1v) is 13.0. The lowest BCUT2D eigenvalue weighted by Gasteiger charge is -2.06. The van der Waals surface area contributed by atoms with Gasteiger partial charge in [-0.25, -0.2) is 0 Å². The first kappa shape index (κ1) is 28.9. The maximum Gasteiger partial charge on any atom is 0.305 e. The molecule has 0 N–H and O–H groups in total. The fraction of sp³-hybridized carbons (Fsp3) is 0.923. The molecule has 0 aliphatic heterocycles. The van der Waals surface area contributed by atoms with E-state index in [1.54, 1.807) is 0 Å². The van der Waals surface area contributed by atoms with Gasteiger partial charge in [-0.15, -0.1) is 0 Å². The van der Waals surface area contributed by atoms with Crippen LogP contribution in [0.2, 0.25) is 0 Å². The van der Waals surface area contributed by atoms with Crippen LogP contribution < -0.4 is 0 Å². The van der Waals surface area contributed by atoms with Gasteiger partial charge in [0.05, 0.1) is 13.2 Å². The summed E-state index contributed by atoms with van der Waals surface area (Å²) in [5.74, 6) is -0.148. The van der Waals surface area contributed by atoms with Gasteiger partial charge >= 0.3 is 11.9 Å². The molecular formula is C26H50O4. The topological polar surface area (TPSA) is 52.6 Å². The van der Waals surface area contributed by atoms with Crippen LogP contribution in [-0.4, -0.2) is 25.2 Å². The minimum atomic E-state index is -0.0740. The van der Waals surface area contributed by atoms with E-state index in [1.165, 1.54) is 64.2 Å². The molecule has 0 saturated carbocycles. The van der Waals surface area contributed by atoms with Crippen LogP contribution in [0.5, 0.6) is 0 Å². The molecule has 0 rings (SSSR count). The molecule has 30 heavy (non-hydrogen) atoms. The van der Waals surface area contributed by atoms with Gasteiger partial charge in [0.1, 0.15) is 0 Å². The van der Waals surface area contributed by atoms with Gasteiger partial charge in [-0.05, 0) is 25.7 Å². The van der Waals surface area contributed by atoms with Crippen molar-refractivity contribution >= 4 is 11.9 Å². The highest BCUT2D eigenvalue weighted by Crippen LogP contribution is 2.10. The summed E-state index contributed by atoms with van der Waals surface area (Å²) in [6, 6.07) is 0. The number of unbranched alkanes of at least 4 members (excludes halogenated alkanes) is 15. The van der Waals surface area contributed by atoms with Crippen molar-refractivity contribution in [2.24, 2.45) is 0 Å². The minimum Gasteiger partial charge on any atom is -0.466 e. The largest absolute Gasteiger partial charge is 0.466 e. The zero-order valence-electron chi connectivity index (χ0n) is 20.2. The molecule has 0 atom stereocenters. The summed E-state index contributed by atoms with van der Waals surface area (Å²) >= 11 is 0. The molecule has 0 unspecified atom stereocenters. The molecular weight excluding hydrogens is 376 g/mol. The number of ether oxygens (including phenoxy) is 2. The van der Waals surface area contributed by atoms with Crippen LogP contribution in [0.25, 0.3) is 0 Å². The van der Waals surface area contributed by atoms with Crippen molar-refractivity contribution in [2.75, 3.05) is 13.2 Å². The monoisotopic (exact) mass is 426 g/mol. The van der Waals surface area contributed by atoms with Crippen molar-refractivity contribution < 1.29 is 19.1 Å². The molecule has 0 radical (unpaired) electrons. The lowest BCUT2D eigenvalue weighted by molar-refractivity contribution is -0.145. The Hall–Kier alpha value is -1.06. The molecule has 0 aliphatic carbocycles. The van der Waals surface area contributed by atoms with Crippen molar-refractivity contribution in [3.05, 3.63) is 0 Å². The first-order chi connectivity index (χ1) is 14.7. The van der Waals surface area contributed by atoms with Gasteiger partial charge in [0.15, 0.2) is 0 Å². The van der Waals surface area contributed by atoms with Crippen LogP contribution in [-0.2, 0) is 19.1 Å². The molecule has 0 aromatic heterocycles. The lowest BCUT2D eigenvalue weighted by Crippen LogP contribution is -2.06. The van der Waals surface area contributed by atoms with Gasteiger partial charge in [0, 0.05) is 12.8 Å². The van der Waals surface area contributed by atoms with Crippen LogP contribution in [0.3, 0.4) is 0 Å². The fourth-order valence-electron chi connectivity index (χ4n) is 3.53. The zero-order chi connectivity index (χ0) is 22.1. The summed E-state index contributed by atoms with van der Waals surface area (Å²) in [5, 5.41) is 0. The summed E-state index contributed by atoms with van der Waals surface area (Å²) in [6.07, 6.45) is 21.9. The Labute approximate surface area is 186 Å². The van der Waals surface area contributed by atoms with Crippen LogP contribution >= 0.6 is 0 Å². The molecule has 0 saturated heterocycles. The average molecular weight is 427 g/mol. The number of hydrogen-bond acceptors (Lipinski definition) is 4. The van der Waals surface area contributed by atoms with Crippen molar-refractivity contribution in [1.29, 1.82) is 0 Å². The SMILES string of the molecule is CCCCCCCCCOC(=O)CCCCCCC(=O)OCCCCCCCCC. The Morgan fingerprint density at radius 2 is 0.733 bits per heavy atom. The predicted molar refractivity (Wildman–Crippen MR) is 126 cm³/mol. The maximum atomic E-state index is 11.7. The first-order valence-electron chi connectivity index (χ1n) is 13.0. The van der Waals surface area contributed by atoms with Gasteiger partial charge in [0.2, 0.25) is 0 Å². The maximum absolute atomic E-state index is 11.7. The fourth-order valence-corrected chi connectivity index (χ4v) is 3.53. The second-order valence-electron chi connectivity index (χ2n) is 8.60. The number of carbonyl (C=O) groups is 2. The van der Waals surface area contributed by atoms with E-state index in [0.717, 1.165) is 51.4 Å². The van der Waals surface area contributed by atoms with Crippen molar-refractivity contribution in [2.45, 2.75) is 142 Å². The average Bonchev–Trinajstić information content (AvgIpc) is 2.74. The molecule has 178 valence electrons. The van der Waals surface area contributed by atoms with Crippen LogP contribution in [0.1, 0.15) is 142 Å². The van der Waals surface area contributed by atoms with Crippen LogP contribution in [0, 0.1) is 0 Å². The predicted octanol–water partition coefficient (Wildman–Crippen LogP) is 7.91. The number of rotatable bonds is 23. The van der Waals surface area contributed by atoms with E-state index in [9.17, 15) is 9.59 Å². The molecule has 4 heteroatoms. The summed E-state index contributed by atoms with van der Waals surface area (Å²) in [7, 11) is 0. The Morgan fingerprint density at radius 1 is 0.433 bits per heavy atom. The van der Waals surface area contributed by atoms with Crippen molar-refractivity contribution in [1.82, 2.24) is 0 Å². The van der Waals surface area contributed by atoms with Gasteiger partial charge in [-0.1, -0.05) is 104 Å². The van der Waals surface area contributed by atoms with E-state index in [4.69, 9.17) is 9.47 Å². The molecule has 0 heterocycles. The van der Waals surface area contributed by atoms with Crippen LogP contribution in [0.4, 0.5) is 0 Å². The number of esters is 2. The second-order valence-corrected chi connectivity index (χ2v) is 8.60. The summed E-state index contributed by atoms with van der Waals surface area (Å²) in [5.41, 5.74) is 0. The molecule has 0 aromatic rings. The quantitative estimate of drug-likeness (QED) is 0.123. The third-order valence-corrected chi connectivity index (χ3v) is 5.53. The summed E-state index contributed by atoms with van der Waals surface area (Å²) < 4.78 is 10.6. The van der Waals surface area contributed by atoms with E-state index >= 15 is 0 Å². The number of carbonyl (C=O) groups excluding carboxylic acids is 2. The van der Waals surface area contributed by atoms with E-state index in [1.807, 2.05) is 0 Å². The minimum absolute atomic E-state index is 0.0740. The molecule has 0 fully saturated rings. The highest BCUT2D eigenvalue weighted by Gasteiger charge is 2.05. The van der Waals surface area contributed by atoms with Gasteiger partial charge in [-0.3, -0.25) is 9.59 Å². The van der Waals surface area contributed by atoms with E-state index < -0.39 is 0 Å². The highest BCUT2D eigenvalue weighted by atomic mass is 16.5. The lowest BCUT2D eigenvalue weighted by atomic mass is 10.1. The van der Waals surface area contributed by atoms with E-state index in [2.05, 4.69) is 13.8 Å². The third-order valence-electron chi connectivity index (χ3n) is 5.53. The second kappa shape index (κ2) is 24.2. The van der Waals surface area contributed by atoms with E-state index in [-0.39, 0.29) is 11.9 Å². The molecule has 0 amide bonds. The highest BCUT2D eigenvalue weighted by molar-refractivity contribution is 5.69. The van der Waals surface area contributed by atoms with Crippen LogP contribution in [0.15, 0.2) is 0 Å². The normalized spacial score (nSPS) is 10.9. The molecule has 0 bridgehead atoms. The van der Waals surface area contributed by atoms with Gasteiger partial charge < -0.3 is 9.47 Å². The smallest absolute Gasteiger partial charge is 0.305 e. The standard InChI is InChI=1S/C26H50O4/c1-3-5-7-9-11-15-19-23-29-25(27)21-17-13-14-18-22-26(28)30-24-20-16-12-10-8-6-4-2/h3-24H2,1-2H3. The molecule has 0 aromatic carbocycles. The third kappa shape index (κ3) is 23.2. The Morgan fingerprint density at radius 3 is 1.10 bits per heavy atom. The van der Waals surface area contributed by atoms with Gasteiger partial charge in [0.25, 0.3) is 0 Å². The summed E-state index contributed by atoms with van der Waals surface area (Å²) in [4.78, 5) is 23.4. The molecule has 4 nitrogen and oxygen atoms in total. The molecule has 0 aliphatic rings. The van der Waals surface area contributed by atoms with E-state index in [0.29, 0.717) is 26.1 Å². The zero-order valence-corrected chi connectivity index (χ0v) is 20.2. The molecule has 0 spiro atoms. The Balaban J connectivity index is 3.28. The van der Waals surface area contributed by atoms with Gasteiger partial charge in [-0.2, -0.15) is 0 Å². The summed E-state index contributed by atoms with van der Waals surface area (Å²) in [6.45, 7) is 5.59. The Bertz CT molecular complexity index is 345. The van der Waals surface area contributed by atoms with Crippen molar-refractivity contribution in [3.8, 4) is 0 Å². The Kier molecular flexibility index (Phi) is 23.4. The van der Waals surface area contributed by atoms with Crippen molar-refractivity contribution in [3.63, 3.8) is 0 Å². The number of hydrogen-bond donors (Lipinski definition) is 0.